The first-order valence-electron chi connectivity index (χ1n) is 4.99. The predicted molar refractivity (Wildman–Crippen MR) is 71.8 cm³/mol. The molecule has 0 radical (unpaired) electrons. The van der Waals surface area contributed by atoms with Crippen LogP contribution in [0, 0.1) is 5.41 Å². The number of rotatable bonds is 3. The van der Waals surface area contributed by atoms with Crippen LogP contribution >= 0.6 is 23.2 Å². The molecule has 0 aliphatic carbocycles. The molecule has 0 saturated heterocycles. The molecule has 0 spiro atoms. The number of nitrogens with two attached hydrogens (primary N) is 1. The van der Waals surface area contributed by atoms with Gasteiger partial charge in [0.2, 0.25) is 5.88 Å². The van der Waals surface area contributed by atoms with Crippen molar-refractivity contribution in [2.45, 2.75) is 0 Å². The summed E-state index contributed by atoms with van der Waals surface area (Å²) in [5.41, 5.74) is 5.85. The number of benzene rings is 1. The molecule has 3 N–H and O–H groups in total. The number of nitrogens with one attached hydrogen (secondary N) is 1. The first-order valence-corrected chi connectivity index (χ1v) is 5.75. The molecule has 0 aliphatic heterocycles. The average Bonchev–Trinajstić information content (AvgIpc) is 2.27. The fraction of sp³-hybridized carbons (Fsp3) is 0. The van der Waals surface area contributed by atoms with Gasteiger partial charge in [0.15, 0.2) is 0 Å². The van der Waals surface area contributed by atoms with Crippen LogP contribution in [0.2, 0.25) is 10.0 Å². The van der Waals surface area contributed by atoms with Crippen LogP contribution in [0.5, 0.6) is 11.6 Å². The Morgan fingerprint density at radius 1 is 1.22 bits per heavy atom. The third-order valence-electron chi connectivity index (χ3n) is 2.11. The summed E-state index contributed by atoms with van der Waals surface area (Å²) in [4.78, 5) is 4.03. The molecular weight excluding hydrogens is 273 g/mol. The van der Waals surface area contributed by atoms with Crippen LogP contribution in [0.3, 0.4) is 0 Å². The van der Waals surface area contributed by atoms with Crippen molar-refractivity contribution in [1.82, 2.24) is 4.98 Å². The summed E-state index contributed by atoms with van der Waals surface area (Å²) in [6.07, 6.45) is 1.55. The minimum absolute atomic E-state index is 0.119. The van der Waals surface area contributed by atoms with Crippen molar-refractivity contribution in [3.63, 3.8) is 0 Å². The molecule has 0 aliphatic rings. The van der Waals surface area contributed by atoms with Gasteiger partial charge in [-0.15, -0.1) is 0 Å². The monoisotopic (exact) mass is 281 g/mol. The third-order valence-corrected chi connectivity index (χ3v) is 2.55. The summed E-state index contributed by atoms with van der Waals surface area (Å²) in [6.45, 7) is 0. The molecule has 0 amide bonds. The van der Waals surface area contributed by atoms with Crippen LogP contribution in [0.15, 0.2) is 36.5 Å². The Balaban J connectivity index is 2.37. The van der Waals surface area contributed by atoms with Gasteiger partial charge in [0.25, 0.3) is 0 Å². The number of hydrogen-bond donors (Lipinski definition) is 2. The zero-order valence-electron chi connectivity index (χ0n) is 9.15. The molecule has 0 bridgehead atoms. The molecule has 18 heavy (non-hydrogen) atoms. The van der Waals surface area contributed by atoms with Crippen LogP contribution in [0.4, 0.5) is 0 Å². The van der Waals surface area contributed by atoms with Gasteiger partial charge in [0, 0.05) is 16.2 Å². The van der Waals surface area contributed by atoms with Gasteiger partial charge >= 0.3 is 0 Å². The van der Waals surface area contributed by atoms with Crippen molar-refractivity contribution in [3.8, 4) is 11.6 Å². The number of aromatic nitrogens is 1. The molecule has 0 fully saturated rings. The highest BCUT2D eigenvalue weighted by Crippen LogP contribution is 2.28. The topological polar surface area (TPSA) is 72.0 Å². The second kappa shape index (κ2) is 5.25. The smallest absolute Gasteiger partial charge is 0.230 e. The zero-order chi connectivity index (χ0) is 13.1. The van der Waals surface area contributed by atoms with Gasteiger partial charge in [0.1, 0.15) is 11.6 Å². The maximum absolute atomic E-state index is 7.43. The Morgan fingerprint density at radius 3 is 2.50 bits per heavy atom. The van der Waals surface area contributed by atoms with Crippen molar-refractivity contribution >= 4 is 29.0 Å². The summed E-state index contributed by atoms with van der Waals surface area (Å²) in [7, 11) is 0. The lowest BCUT2D eigenvalue weighted by Crippen LogP contribution is -2.12. The Kier molecular flexibility index (Phi) is 3.69. The van der Waals surface area contributed by atoms with E-state index in [0.717, 1.165) is 0 Å². The van der Waals surface area contributed by atoms with Gasteiger partial charge in [-0.2, -0.15) is 0 Å². The fourth-order valence-corrected chi connectivity index (χ4v) is 1.88. The summed E-state index contributed by atoms with van der Waals surface area (Å²) in [6, 6.07) is 8.13. The van der Waals surface area contributed by atoms with E-state index in [1.54, 1.807) is 36.5 Å². The van der Waals surface area contributed by atoms with E-state index in [1.165, 1.54) is 0 Å². The summed E-state index contributed by atoms with van der Waals surface area (Å²) >= 11 is 11.7. The Morgan fingerprint density at radius 2 is 1.89 bits per heavy atom. The largest absolute Gasteiger partial charge is 0.438 e. The molecule has 2 aromatic rings. The second-order valence-electron chi connectivity index (χ2n) is 3.48. The third kappa shape index (κ3) is 2.91. The van der Waals surface area contributed by atoms with Crippen LogP contribution in [-0.4, -0.2) is 10.8 Å². The highest BCUT2D eigenvalue weighted by atomic mass is 35.5. The number of amidine groups is 1. The second-order valence-corrected chi connectivity index (χ2v) is 4.35. The quantitative estimate of drug-likeness (QED) is 0.668. The Hall–Kier alpha value is -1.78. The van der Waals surface area contributed by atoms with E-state index in [4.69, 9.17) is 39.1 Å². The molecule has 4 nitrogen and oxygen atoms in total. The lowest BCUT2D eigenvalue weighted by atomic mass is 10.2. The van der Waals surface area contributed by atoms with Gasteiger partial charge < -0.3 is 10.5 Å². The first-order chi connectivity index (χ1) is 8.56. The van der Waals surface area contributed by atoms with E-state index in [9.17, 15) is 0 Å². The number of pyridine rings is 1. The SMILES string of the molecule is N=C(N)c1cccnc1Oc1cc(Cl)cc(Cl)c1. The van der Waals surface area contributed by atoms with Crippen LogP contribution in [0.25, 0.3) is 0 Å². The van der Waals surface area contributed by atoms with Crippen molar-refractivity contribution in [3.05, 3.63) is 52.1 Å². The molecular formula is C12H9Cl2N3O. The van der Waals surface area contributed by atoms with Crippen LogP contribution < -0.4 is 10.5 Å². The Labute approximate surface area is 114 Å². The number of nitrogen functional groups attached to an aromatic ring is 1. The molecule has 0 atom stereocenters. The van der Waals surface area contributed by atoms with E-state index in [2.05, 4.69) is 4.98 Å². The van der Waals surface area contributed by atoms with E-state index in [-0.39, 0.29) is 11.7 Å². The number of nitrogens with zero attached hydrogens (tertiary/aromatic N) is 1. The Bertz CT molecular complexity index is 581. The van der Waals surface area contributed by atoms with E-state index in [0.29, 0.717) is 21.4 Å². The summed E-state index contributed by atoms with van der Waals surface area (Å²) in [5.74, 6) is 0.559. The van der Waals surface area contributed by atoms with E-state index in [1.807, 2.05) is 0 Å². The van der Waals surface area contributed by atoms with Gasteiger partial charge in [0.05, 0.1) is 5.56 Å². The maximum atomic E-state index is 7.43. The van der Waals surface area contributed by atoms with Gasteiger partial charge in [-0.1, -0.05) is 23.2 Å². The zero-order valence-corrected chi connectivity index (χ0v) is 10.7. The molecule has 92 valence electrons. The molecule has 2 rings (SSSR count). The lowest BCUT2D eigenvalue weighted by Gasteiger charge is -2.09. The molecule has 1 heterocycles. The molecule has 1 aromatic heterocycles. The summed E-state index contributed by atoms with van der Waals surface area (Å²) in [5, 5.41) is 8.34. The number of ether oxygens (including phenoxy) is 1. The van der Waals surface area contributed by atoms with Gasteiger partial charge in [-0.25, -0.2) is 4.98 Å². The normalized spacial score (nSPS) is 10.1. The number of halogens is 2. The van der Waals surface area contributed by atoms with Crippen molar-refractivity contribution in [2.24, 2.45) is 5.73 Å². The van der Waals surface area contributed by atoms with Gasteiger partial charge in [-0.3, -0.25) is 5.41 Å². The maximum Gasteiger partial charge on any atom is 0.230 e. The highest BCUT2D eigenvalue weighted by molar-refractivity contribution is 6.34. The molecule has 6 heteroatoms. The summed E-state index contributed by atoms with van der Waals surface area (Å²) < 4.78 is 5.53. The minimum Gasteiger partial charge on any atom is -0.438 e. The highest BCUT2D eigenvalue weighted by Gasteiger charge is 2.09. The van der Waals surface area contributed by atoms with Crippen molar-refractivity contribution in [1.29, 1.82) is 5.41 Å². The van der Waals surface area contributed by atoms with Crippen molar-refractivity contribution in [2.75, 3.05) is 0 Å². The molecule has 0 saturated carbocycles. The lowest BCUT2D eigenvalue weighted by molar-refractivity contribution is 0.462. The van der Waals surface area contributed by atoms with E-state index >= 15 is 0 Å². The number of hydrogen-bond acceptors (Lipinski definition) is 3. The van der Waals surface area contributed by atoms with Crippen LogP contribution in [0.1, 0.15) is 5.56 Å². The van der Waals surface area contributed by atoms with Crippen LogP contribution in [-0.2, 0) is 0 Å². The molecule has 0 unspecified atom stereocenters. The van der Waals surface area contributed by atoms with Gasteiger partial charge in [-0.05, 0) is 30.3 Å². The standard InChI is InChI=1S/C12H9Cl2N3O/c13-7-4-8(14)6-9(5-7)18-12-10(11(15)16)2-1-3-17-12/h1-6H,(H3,15,16). The molecule has 1 aromatic carbocycles. The minimum atomic E-state index is -0.119. The fourth-order valence-electron chi connectivity index (χ4n) is 1.38. The first kappa shape index (κ1) is 12.7. The average molecular weight is 282 g/mol. The van der Waals surface area contributed by atoms with E-state index < -0.39 is 0 Å². The predicted octanol–water partition coefficient (Wildman–Crippen LogP) is 3.46. The van der Waals surface area contributed by atoms with Crippen molar-refractivity contribution < 1.29 is 4.74 Å².